The number of Topliss-reactive ketones (excluding diaryl/α,β-unsaturated/α-hetero) is 1. The Hall–Kier alpha value is -3.24. The van der Waals surface area contributed by atoms with Gasteiger partial charge in [0, 0.05) is 36.1 Å². The summed E-state index contributed by atoms with van der Waals surface area (Å²) in [6, 6.07) is 9.15. The minimum absolute atomic E-state index is 0.191. The first-order valence-electron chi connectivity index (χ1n) is 22.3. The average molecular weight is 838 g/mol. The van der Waals surface area contributed by atoms with Gasteiger partial charge in [-0.3, -0.25) is 19.5 Å². The maximum atomic E-state index is 14.4. The Labute approximate surface area is 356 Å². The predicted octanol–water partition coefficient (Wildman–Crippen LogP) is 5.42. The van der Waals surface area contributed by atoms with Crippen LogP contribution in [-0.2, 0) is 35.0 Å². The number of ketones is 1. The van der Waals surface area contributed by atoms with Gasteiger partial charge >= 0.3 is 12.1 Å². The number of benzene rings is 1. The number of aliphatic hydroxyl groups excluding tert-OH is 1. The van der Waals surface area contributed by atoms with Crippen molar-refractivity contribution in [2.24, 2.45) is 23.7 Å². The fourth-order valence-electron chi connectivity index (χ4n) is 11.2. The molecule has 334 valence electrons. The quantitative estimate of drug-likeness (QED) is 0.232. The second-order valence-corrected chi connectivity index (χ2v) is 18.9. The van der Waals surface area contributed by atoms with Gasteiger partial charge in [0.15, 0.2) is 17.7 Å². The molecule has 2 N–H and O–H groups in total. The fraction of sp³-hybridized carbons (Fsp3) is 0.739. The van der Waals surface area contributed by atoms with E-state index in [4.69, 9.17) is 18.9 Å². The van der Waals surface area contributed by atoms with Crippen molar-refractivity contribution in [3.8, 4) is 0 Å². The van der Waals surface area contributed by atoms with Crippen LogP contribution in [0.5, 0.6) is 0 Å². The number of aliphatic hydroxyl groups is 2. The number of aryl methyl sites for hydroxylation is 1. The number of ether oxygens (including phenoxy) is 4. The molecule has 1 unspecified atom stereocenters. The third-order valence-corrected chi connectivity index (χ3v) is 14.0. The number of cyclic esters (lactones) is 1. The summed E-state index contributed by atoms with van der Waals surface area (Å²) in [7, 11) is 3.78. The Morgan fingerprint density at radius 1 is 1.02 bits per heavy atom. The van der Waals surface area contributed by atoms with Gasteiger partial charge in [-0.15, -0.1) is 0 Å². The number of esters is 1. The van der Waals surface area contributed by atoms with E-state index in [1.54, 1.807) is 18.9 Å². The molecule has 1 amide bonds. The van der Waals surface area contributed by atoms with E-state index in [9.17, 15) is 24.6 Å². The number of hydrogen-bond acceptors (Lipinski definition) is 13. The lowest BCUT2D eigenvalue weighted by Gasteiger charge is -2.48. The van der Waals surface area contributed by atoms with Crippen LogP contribution >= 0.6 is 0 Å². The fourth-order valence-corrected chi connectivity index (χ4v) is 11.2. The molecule has 0 saturated carbocycles. The van der Waals surface area contributed by atoms with E-state index in [2.05, 4.69) is 47.8 Å². The molecule has 2 aromatic rings. The summed E-state index contributed by atoms with van der Waals surface area (Å²) in [6.45, 7) is 18.7. The standard InChI is InChI=1S/C46H71N5O9/c1-12-22-49-26-50(23-16-17-32-20-21-47-34-19-15-14-18-33(32)34)51-40-29(5)37(49)27(3)25-45(8,56)41(59-43-39(53)35(48(10)11)24-28(4)57-43)30(6)38(52)31(7)42(54)58-36(13-2)46(40,9)60-44(51)55/h14-15,18-21,27-31,35-37,39-41,43,53,56H,12-13,16-17,22-26H2,1-11H3/t27-,28-,29-,30+,31-,35+,36+,37?,39-,40-,41-,43+,45+,46-/m1/s1. The number of para-hydroxylation sites is 1. The zero-order chi connectivity index (χ0) is 43.8. The van der Waals surface area contributed by atoms with E-state index in [0.29, 0.717) is 26.1 Å². The number of likely N-dealkylation sites (N-methyl/N-ethyl adjacent to an activating group) is 1. The lowest BCUT2D eigenvalue weighted by atomic mass is 9.71. The van der Waals surface area contributed by atoms with E-state index in [1.807, 2.05) is 64.2 Å². The van der Waals surface area contributed by atoms with Gasteiger partial charge in [0.1, 0.15) is 18.1 Å². The van der Waals surface area contributed by atoms with Crippen LogP contribution in [-0.4, -0.2) is 147 Å². The first-order chi connectivity index (χ1) is 28.3. The highest BCUT2D eigenvalue weighted by Gasteiger charge is 2.63. The van der Waals surface area contributed by atoms with E-state index in [0.717, 1.165) is 36.7 Å². The predicted molar refractivity (Wildman–Crippen MR) is 227 cm³/mol. The van der Waals surface area contributed by atoms with Gasteiger partial charge in [-0.1, -0.05) is 52.8 Å². The van der Waals surface area contributed by atoms with E-state index >= 15 is 0 Å². The van der Waals surface area contributed by atoms with E-state index in [-0.39, 0.29) is 36.4 Å². The lowest BCUT2D eigenvalue weighted by Crippen LogP contribution is -2.61. The molecule has 14 atom stereocenters. The van der Waals surface area contributed by atoms with Gasteiger partial charge in [-0.05, 0) is 116 Å². The molecular formula is C46H71N5O9. The van der Waals surface area contributed by atoms with Crippen LogP contribution in [0.25, 0.3) is 10.9 Å². The molecular weight excluding hydrogens is 767 g/mol. The van der Waals surface area contributed by atoms with Crippen molar-refractivity contribution < 1.29 is 43.5 Å². The number of carbonyl (C=O) groups excluding carboxylic acids is 3. The van der Waals surface area contributed by atoms with Crippen molar-refractivity contribution in [2.45, 2.75) is 161 Å². The molecule has 4 aliphatic heterocycles. The van der Waals surface area contributed by atoms with Crippen LogP contribution in [0.2, 0.25) is 0 Å². The molecule has 5 heterocycles. The van der Waals surface area contributed by atoms with Crippen LogP contribution in [0.3, 0.4) is 0 Å². The Morgan fingerprint density at radius 2 is 1.73 bits per heavy atom. The summed E-state index contributed by atoms with van der Waals surface area (Å²) in [4.78, 5) is 51.8. The number of amides is 1. The van der Waals surface area contributed by atoms with Gasteiger partial charge in [0.05, 0.1) is 36.0 Å². The van der Waals surface area contributed by atoms with Gasteiger partial charge in [0.2, 0.25) is 0 Å². The zero-order valence-electron chi connectivity index (χ0n) is 37.7. The lowest BCUT2D eigenvalue weighted by molar-refractivity contribution is -0.293. The topological polar surface area (TPSA) is 154 Å². The highest BCUT2D eigenvalue weighted by Crippen LogP contribution is 2.47. The van der Waals surface area contributed by atoms with Gasteiger partial charge in [-0.25, -0.2) is 14.8 Å². The summed E-state index contributed by atoms with van der Waals surface area (Å²) in [5, 5.41) is 29.3. The molecule has 60 heavy (non-hydrogen) atoms. The highest BCUT2D eigenvalue weighted by molar-refractivity contribution is 6.00. The van der Waals surface area contributed by atoms with E-state index < -0.39 is 71.5 Å². The monoisotopic (exact) mass is 838 g/mol. The number of rotatable bonds is 10. The molecule has 1 aromatic heterocycles. The number of pyridine rings is 1. The molecule has 0 radical (unpaired) electrons. The molecule has 6 rings (SSSR count). The normalized spacial score (nSPS) is 38.8. The Morgan fingerprint density at radius 3 is 2.42 bits per heavy atom. The van der Waals surface area contributed by atoms with Crippen molar-refractivity contribution in [1.82, 2.24) is 24.8 Å². The van der Waals surface area contributed by atoms with Crippen molar-refractivity contribution in [1.29, 1.82) is 0 Å². The summed E-state index contributed by atoms with van der Waals surface area (Å²) in [5.41, 5.74) is -0.768. The summed E-state index contributed by atoms with van der Waals surface area (Å²) in [5.74, 6) is -3.84. The zero-order valence-corrected chi connectivity index (χ0v) is 37.7. The molecule has 4 aliphatic rings. The van der Waals surface area contributed by atoms with Crippen molar-refractivity contribution in [3.63, 3.8) is 0 Å². The van der Waals surface area contributed by atoms with Crippen LogP contribution in [0, 0.1) is 23.7 Å². The summed E-state index contributed by atoms with van der Waals surface area (Å²) < 4.78 is 25.5. The van der Waals surface area contributed by atoms with Gasteiger partial charge in [-0.2, -0.15) is 0 Å². The van der Waals surface area contributed by atoms with Crippen LogP contribution in [0.1, 0.15) is 100.0 Å². The molecule has 0 spiro atoms. The molecule has 4 fully saturated rings. The maximum Gasteiger partial charge on any atom is 0.425 e. The van der Waals surface area contributed by atoms with Crippen LogP contribution in [0.15, 0.2) is 36.5 Å². The number of hydrazine groups is 1. The van der Waals surface area contributed by atoms with Crippen LogP contribution in [0.4, 0.5) is 4.79 Å². The van der Waals surface area contributed by atoms with Gasteiger partial charge in [0.25, 0.3) is 0 Å². The Kier molecular flexibility index (Phi) is 14.4. The second-order valence-electron chi connectivity index (χ2n) is 18.9. The van der Waals surface area contributed by atoms with Crippen molar-refractivity contribution in [3.05, 3.63) is 42.1 Å². The van der Waals surface area contributed by atoms with Crippen LogP contribution < -0.4 is 0 Å². The Balaban J connectivity index is 1.40. The number of aromatic nitrogens is 1. The molecule has 14 nitrogen and oxygen atoms in total. The Bertz CT molecular complexity index is 1820. The molecule has 4 saturated heterocycles. The largest absolute Gasteiger partial charge is 0.458 e. The smallest absolute Gasteiger partial charge is 0.425 e. The van der Waals surface area contributed by atoms with Crippen molar-refractivity contribution in [2.75, 3.05) is 33.9 Å². The summed E-state index contributed by atoms with van der Waals surface area (Å²) in [6.07, 6.45) is 0.396. The third kappa shape index (κ3) is 8.98. The van der Waals surface area contributed by atoms with Crippen molar-refractivity contribution >= 4 is 28.7 Å². The highest BCUT2D eigenvalue weighted by atomic mass is 16.7. The second kappa shape index (κ2) is 18.6. The molecule has 2 bridgehead atoms. The molecule has 1 aromatic carbocycles. The average Bonchev–Trinajstić information content (AvgIpc) is 3.40. The SMILES string of the molecule is CCCN1CN(CCCc2ccnc3ccccc23)N2C(=O)O[C@]3(C)[C@H](CC)OC(=O)[C@H](C)C(=O)[C@H](C)[C@@H](O[C@@H]4O[C@H](C)C[C@H](N(C)C)[C@H]4O)[C@@](C)(O)C[C@@H](C)C1[C@@H](C)[C@@H]23. The first kappa shape index (κ1) is 46.3. The number of carbonyl (C=O) groups is 3. The number of nitrogens with zero attached hydrogens (tertiary/aromatic N) is 5. The van der Waals surface area contributed by atoms with Gasteiger partial charge < -0.3 is 34.1 Å². The van der Waals surface area contributed by atoms with E-state index in [1.165, 1.54) is 12.5 Å². The number of hydrogen-bond donors (Lipinski definition) is 2. The molecule has 14 heteroatoms. The molecule has 0 aliphatic carbocycles. The number of fused-ring (bicyclic) bond motifs is 2. The summed E-state index contributed by atoms with van der Waals surface area (Å²) >= 11 is 0. The minimum atomic E-state index is -1.63. The third-order valence-electron chi connectivity index (χ3n) is 14.0. The first-order valence-corrected chi connectivity index (χ1v) is 22.3. The minimum Gasteiger partial charge on any atom is -0.458 e. The maximum absolute atomic E-state index is 14.4.